The summed E-state index contributed by atoms with van der Waals surface area (Å²) in [5.74, 6) is 0.674. The predicted molar refractivity (Wildman–Crippen MR) is 231 cm³/mol. The van der Waals surface area contributed by atoms with E-state index in [1.807, 2.05) is 36.4 Å². The highest BCUT2D eigenvalue weighted by Crippen LogP contribution is 2.44. The molecular weight excluding hydrogens is 683 g/mol. The monoisotopic (exact) mass is 715 g/mol. The summed E-state index contributed by atoms with van der Waals surface area (Å²) in [6.45, 7) is 0. The summed E-state index contributed by atoms with van der Waals surface area (Å²) in [5, 5.41) is 4.57. The number of furan rings is 1. The van der Waals surface area contributed by atoms with Crippen LogP contribution in [0.25, 0.3) is 106 Å². The van der Waals surface area contributed by atoms with Gasteiger partial charge in [0.25, 0.3) is 0 Å². The van der Waals surface area contributed by atoms with Crippen LogP contribution in [0.4, 0.5) is 0 Å². The van der Waals surface area contributed by atoms with Crippen molar-refractivity contribution in [1.82, 2.24) is 14.5 Å². The van der Waals surface area contributed by atoms with Gasteiger partial charge in [0.05, 0.1) is 28.1 Å². The van der Waals surface area contributed by atoms with Crippen LogP contribution in [0, 0.1) is 0 Å². The highest BCUT2D eigenvalue weighted by molar-refractivity contribution is 6.17. The molecule has 4 heteroatoms. The summed E-state index contributed by atoms with van der Waals surface area (Å²) in [6.07, 6.45) is 0. The van der Waals surface area contributed by atoms with Crippen LogP contribution in [-0.4, -0.2) is 14.5 Å². The molecule has 0 saturated carbocycles. The summed E-state index contributed by atoms with van der Waals surface area (Å²) in [4.78, 5) is 10.3. The van der Waals surface area contributed by atoms with E-state index in [0.29, 0.717) is 5.82 Å². The SMILES string of the molecule is c1ccc(-c2cc(-c3cccc(-c4nc(-c5ccccc5)cc(-c5ccccc5)n4)c3)c3c(c2)oc2c(-n4c5ccccc5c5ccccc54)cccc23)cc1. The second-order valence-electron chi connectivity index (χ2n) is 14.2. The van der Waals surface area contributed by atoms with Crippen molar-refractivity contribution in [3.63, 3.8) is 0 Å². The molecule has 11 aromatic rings. The molecule has 0 amide bonds. The normalized spacial score (nSPS) is 11.6. The van der Waals surface area contributed by atoms with Crippen molar-refractivity contribution < 1.29 is 4.42 Å². The van der Waals surface area contributed by atoms with Gasteiger partial charge in [0.15, 0.2) is 11.4 Å². The minimum atomic E-state index is 0.674. The first kappa shape index (κ1) is 31.9. The molecule has 3 aromatic heterocycles. The van der Waals surface area contributed by atoms with Crippen molar-refractivity contribution in [2.24, 2.45) is 0 Å². The highest BCUT2D eigenvalue weighted by Gasteiger charge is 2.21. The van der Waals surface area contributed by atoms with Gasteiger partial charge in [-0.1, -0.05) is 158 Å². The Morgan fingerprint density at radius 3 is 1.54 bits per heavy atom. The Balaban J connectivity index is 1.15. The van der Waals surface area contributed by atoms with Crippen LogP contribution in [0.3, 0.4) is 0 Å². The Bertz CT molecular complexity index is 3120. The first-order valence-electron chi connectivity index (χ1n) is 18.9. The average molecular weight is 716 g/mol. The van der Waals surface area contributed by atoms with E-state index in [-0.39, 0.29) is 0 Å². The number of para-hydroxylation sites is 3. The van der Waals surface area contributed by atoms with Gasteiger partial charge in [0.2, 0.25) is 0 Å². The van der Waals surface area contributed by atoms with E-state index in [4.69, 9.17) is 14.4 Å². The number of rotatable bonds is 6. The Hall–Kier alpha value is -7.56. The first-order chi connectivity index (χ1) is 27.8. The van der Waals surface area contributed by atoms with Crippen LogP contribution < -0.4 is 0 Å². The third-order valence-electron chi connectivity index (χ3n) is 10.8. The molecule has 3 heterocycles. The van der Waals surface area contributed by atoms with Gasteiger partial charge < -0.3 is 8.98 Å². The molecule has 0 N–H and O–H groups in total. The smallest absolute Gasteiger partial charge is 0.160 e. The summed E-state index contributed by atoms with van der Waals surface area (Å²) in [5.41, 5.74) is 14.1. The van der Waals surface area contributed by atoms with Crippen molar-refractivity contribution in [3.05, 3.63) is 200 Å². The third-order valence-corrected chi connectivity index (χ3v) is 10.8. The Morgan fingerprint density at radius 1 is 0.375 bits per heavy atom. The van der Waals surface area contributed by atoms with Crippen LogP contribution in [0.2, 0.25) is 0 Å². The van der Waals surface area contributed by atoms with E-state index in [0.717, 1.165) is 89.0 Å². The molecule has 0 radical (unpaired) electrons. The third kappa shape index (κ3) is 5.31. The molecule has 0 unspecified atom stereocenters. The molecular formula is C52H33N3O. The van der Waals surface area contributed by atoms with Crippen LogP contribution in [0.15, 0.2) is 205 Å². The largest absolute Gasteiger partial charge is 0.454 e. The average Bonchev–Trinajstić information content (AvgIpc) is 3.83. The van der Waals surface area contributed by atoms with Crippen molar-refractivity contribution in [3.8, 4) is 61.8 Å². The molecule has 0 fully saturated rings. The number of nitrogens with zero attached hydrogens (tertiary/aromatic N) is 3. The van der Waals surface area contributed by atoms with Crippen molar-refractivity contribution >= 4 is 43.7 Å². The molecule has 0 aliphatic rings. The summed E-state index contributed by atoms with van der Waals surface area (Å²) < 4.78 is 9.37. The van der Waals surface area contributed by atoms with Crippen molar-refractivity contribution in [2.75, 3.05) is 0 Å². The van der Waals surface area contributed by atoms with Crippen molar-refractivity contribution in [1.29, 1.82) is 0 Å². The number of aromatic nitrogens is 3. The molecule has 56 heavy (non-hydrogen) atoms. The van der Waals surface area contributed by atoms with Crippen LogP contribution in [0.5, 0.6) is 0 Å². The quantitative estimate of drug-likeness (QED) is 0.172. The van der Waals surface area contributed by atoms with Gasteiger partial charge >= 0.3 is 0 Å². The lowest BCUT2D eigenvalue weighted by molar-refractivity contribution is 0.666. The minimum Gasteiger partial charge on any atom is -0.454 e. The molecule has 0 saturated heterocycles. The molecule has 11 rings (SSSR count). The highest BCUT2D eigenvalue weighted by atomic mass is 16.3. The molecule has 0 aliphatic heterocycles. The fraction of sp³-hybridized carbons (Fsp3) is 0. The van der Waals surface area contributed by atoms with Crippen LogP contribution in [-0.2, 0) is 0 Å². The zero-order valence-electron chi connectivity index (χ0n) is 30.3. The fourth-order valence-corrected chi connectivity index (χ4v) is 8.21. The lowest BCUT2D eigenvalue weighted by Gasteiger charge is -2.12. The number of hydrogen-bond acceptors (Lipinski definition) is 3. The molecule has 0 aliphatic carbocycles. The second kappa shape index (κ2) is 13.1. The molecule has 0 spiro atoms. The molecule has 8 aromatic carbocycles. The van der Waals surface area contributed by atoms with E-state index in [1.54, 1.807) is 0 Å². The van der Waals surface area contributed by atoms with E-state index < -0.39 is 0 Å². The topological polar surface area (TPSA) is 43.9 Å². The van der Waals surface area contributed by atoms with Gasteiger partial charge in [-0.2, -0.15) is 0 Å². The molecule has 262 valence electrons. The van der Waals surface area contributed by atoms with E-state index >= 15 is 0 Å². The predicted octanol–water partition coefficient (Wildman–Crippen LogP) is 13.8. The Kier molecular flexibility index (Phi) is 7.46. The number of benzene rings is 8. The van der Waals surface area contributed by atoms with Crippen LogP contribution >= 0.6 is 0 Å². The van der Waals surface area contributed by atoms with Gasteiger partial charge in [0, 0.05) is 38.2 Å². The number of fused-ring (bicyclic) bond motifs is 6. The Morgan fingerprint density at radius 2 is 0.893 bits per heavy atom. The van der Waals surface area contributed by atoms with Crippen LogP contribution in [0.1, 0.15) is 0 Å². The van der Waals surface area contributed by atoms with Gasteiger partial charge in [-0.15, -0.1) is 0 Å². The maximum atomic E-state index is 7.03. The van der Waals surface area contributed by atoms with Gasteiger partial charge in [-0.25, -0.2) is 9.97 Å². The summed E-state index contributed by atoms with van der Waals surface area (Å²) >= 11 is 0. The van der Waals surface area contributed by atoms with E-state index in [2.05, 4.69) is 168 Å². The fourth-order valence-electron chi connectivity index (χ4n) is 8.21. The van der Waals surface area contributed by atoms with Crippen molar-refractivity contribution in [2.45, 2.75) is 0 Å². The maximum Gasteiger partial charge on any atom is 0.160 e. The molecule has 0 bridgehead atoms. The number of hydrogen-bond donors (Lipinski definition) is 0. The van der Waals surface area contributed by atoms with E-state index in [1.165, 1.54) is 10.8 Å². The summed E-state index contributed by atoms with van der Waals surface area (Å²) in [6, 6.07) is 70.1. The molecule has 4 nitrogen and oxygen atoms in total. The van der Waals surface area contributed by atoms with E-state index in [9.17, 15) is 0 Å². The lowest BCUT2D eigenvalue weighted by atomic mass is 9.93. The zero-order chi connectivity index (χ0) is 37.0. The van der Waals surface area contributed by atoms with Gasteiger partial charge in [0.1, 0.15) is 5.58 Å². The second-order valence-corrected chi connectivity index (χ2v) is 14.2. The summed E-state index contributed by atoms with van der Waals surface area (Å²) in [7, 11) is 0. The lowest BCUT2D eigenvalue weighted by Crippen LogP contribution is -1.96. The first-order valence-corrected chi connectivity index (χ1v) is 18.9. The van der Waals surface area contributed by atoms with Gasteiger partial charge in [-0.05, 0) is 64.7 Å². The molecule has 0 atom stereocenters. The minimum absolute atomic E-state index is 0.674. The van der Waals surface area contributed by atoms with Gasteiger partial charge in [-0.3, -0.25) is 0 Å². The maximum absolute atomic E-state index is 7.03. The zero-order valence-corrected chi connectivity index (χ0v) is 30.3. The standard InChI is InChI=1S/C52H33N3O/c1-4-16-34(17-5-1)39-31-43(37-22-14-23-38(30-37)52-53-44(35-18-6-2-7-19-35)33-45(54-52)36-20-8-3-9-21-36)50-42-26-15-29-48(51(42)56-49(50)32-39)55-46-27-12-10-24-40(46)41-25-11-13-28-47(41)55/h1-33H. The Labute approximate surface area is 323 Å².